The summed E-state index contributed by atoms with van der Waals surface area (Å²) in [4.78, 5) is 12.3. The normalized spacial score (nSPS) is 23.8. The fraction of sp³-hybridized carbons (Fsp3) is 0.571. The van der Waals surface area contributed by atoms with Gasteiger partial charge in [0.25, 0.3) is 0 Å². The summed E-state index contributed by atoms with van der Waals surface area (Å²) >= 11 is 0. The first-order valence-corrected chi connectivity index (χ1v) is 6.92. The monoisotopic (exact) mass is 281 g/mol. The van der Waals surface area contributed by atoms with Gasteiger partial charge in [0.1, 0.15) is 0 Å². The molecule has 0 radical (unpaired) electrons. The largest absolute Gasteiger partial charge is 0.329 e. The van der Waals surface area contributed by atoms with Gasteiger partial charge >= 0.3 is 5.69 Å². The molecule has 0 saturated carbocycles. The molecular weight excluding hydrogens is 261 g/mol. The topological polar surface area (TPSA) is 72.4 Å². The van der Waals surface area contributed by atoms with E-state index in [0.717, 1.165) is 19.3 Å². The van der Waals surface area contributed by atoms with Crippen LogP contribution in [0.5, 0.6) is 0 Å². The van der Waals surface area contributed by atoms with E-state index in [0.29, 0.717) is 24.7 Å². The molecule has 1 aromatic carbocycles. The van der Waals surface area contributed by atoms with Crippen molar-refractivity contribution in [3.8, 4) is 0 Å². The Labute approximate surface area is 117 Å². The summed E-state index contributed by atoms with van der Waals surface area (Å²) in [6, 6.07) is 4.87. The van der Waals surface area contributed by atoms with Crippen LogP contribution in [0, 0.1) is 15.9 Å². The van der Waals surface area contributed by atoms with Gasteiger partial charge in [0, 0.05) is 36.8 Å². The predicted molar refractivity (Wildman–Crippen MR) is 74.8 cm³/mol. The summed E-state index contributed by atoms with van der Waals surface area (Å²) in [5.41, 5.74) is 5.69. The molecule has 20 heavy (non-hydrogen) atoms. The van der Waals surface area contributed by atoms with Gasteiger partial charge < -0.3 is 5.73 Å². The van der Waals surface area contributed by atoms with Gasteiger partial charge in [-0.15, -0.1) is 0 Å². The molecule has 0 bridgehead atoms. The van der Waals surface area contributed by atoms with Crippen molar-refractivity contribution in [3.05, 3.63) is 39.7 Å². The lowest BCUT2D eigenvalue weighted by atomic mass is 9.95. The highest BCUT2D eigenvalue weighted by atomic mass is 19.1. The molecule has 2 rings (SSSR count). The van der Waals surface area contributed by atoms with Crippen molar-refractivity contribution in [2.75, 3.05) is 6.54 Å². The molecule has 0 aromatic heterocycles. The highest BCUT2D eigenvalue weighted by Crippen LogP contribution is 2.27. The Morgan fingerprint density at radius 1 is 1.50 bits per heavy atom. The second-order valence-corrected chi connectivity index (χ2v) is 5.35. The number of piperidine rings is 1. The van der Waals surface area contributed by atoms with Crippen molar-refractivity contribution < 1.29 is 9.31 Å². The lowest BCUT2D eigenvalue weighted by molar-refractivity contribution is -0.387. The number of hydrogen-bond donors (Lipinski definition) is 1. The number of likely N-dealkylation sites (tertiary alicyclic amines) is 1. The third-order valence-corrected chi connectivity index (χ3v) is 4.07. The van der Waals surface area contributed by atoms with Gasteiger partial charge in [-0.05, 0) is 19.8 Å². The van der Waals surface area contributed by atoms with E-state index in [4.69, 9.17) is 5.73 Å². The van der Waals surface area contributed by atoms with Crippen LogP contribution in [-0.2, 0) is 6.54 Å². The van der Waals surface area contributed by atoms with E-state index in [9.17, 15) is 14.5 Å². The van der Waals surface area contributed by atoms with Crippen molar-refractivity contribution >= 4 is 5.69 Å². The lowest BCUT2D eigenvalue weighted by Gasteiger charge is -2.40. The Bertz CT molecular complexity index is 495. The third kappa shape index (κ3) is 2.96. The van der Waals surface area contributed by atoms with E-state index >= 15 is 0 Å². The fourth-order valence-electron chi connectivity index (χ4n) is 2.90. The van der Waals surface area contributed by atoms with Gasteiger partial charge in [-0.1, -0.05) is 18.6 Å². The van der Waals surface area contributed by atoms with Gasteiger partial charge in [-0.2, -0.15) is 4.39 Å². The molecule has 1 saturated heterocycles. The summed E-state index contributed by atoms with van der Waals surface area (Å²) in [7, 11) is 0. The first-order valence-electron chi connectivity index (χ1n) is 6.92. The number of nitro groups is 1. The van der Waals surface area contributed by atoms with Crippen LogP contribution in [0.1, 0.15) is 31.7 Å². The van der Waals surface area contributed by atoms with Crippen LogP contribution in [0.25, 0.3) is 0 Å². The molecule has 2 atom stereocenters. The lowest BCUT2D eigenvalue weighted by Crippen LogP contribution is -2.48. The quantitative estimate of drug-likeness (QED) is 0.679. The van der Waals surface area contributed by atoms with Crippen LogP contribution in [-0.4, -0.2) is 28.5 Å². The van der Waals surface area contributed by atoms with Crippen LogP contribution >= 0.6 is 0 Å². The van der Waals surface area contributed by atoms with E-state index in [2.05, 4.69) is 11.8 Å². The maximum atomic E-state index is 14.1. The minimum absolute atomic E-state index is 0.220. The Hall–Kier alpha value is -1.53. The highest BCUT2D eigenvalue weighted by Gasteiger charge is 2.28. The molecule has 6 heteroatoms. The number of nitrogens with two attached hydrogens (primary N) is 1. The summed E-state index contributed by atoms with van der Waals surface area (Å²) in [5.74, 6) is -0.731. The molecule has 1 heterocycles. The van der Waals surface area contributed by atoms with Gasteiger partial charge in [-0.3, -0.25) is 15.0 Å². The Kier molecular flexibility index (Phi) is 4.67. The predicted octanol–water partition coefficient (Wildman–Crippen LogP) is 2.44. The SMILES string of the molecule is CC1CCCC(CN)N1Cc1cccc([N+](=O)[O-])c1F. The zero-order valence-corrected chi connectivity index (χ0v) is 11.6. The second kappa shape index (κ2) is 6.28. The molecule has 5 nitrogen and oxygen atoms in total. The van der Waals surface area contributed by atoms with Crippen LogP contribution in [0.15, 0.2) is 18.2 Å². The van der Waals surface area contributed by atoms with Gasteiger partial charge in [0.2, 0.25) is 5.82 Å². The maximum Gasteiger partial charge on any atom is 0.305 e. The Balaban J connectivity index is 2.24. The van der Waals surface area contributed by atoms with Crippen LogP contribution < -0.4 is 5.73 Å². The summed E-state index contributed by atoms with van der Waals surface area (Å²) in [6.07, 6.45) is 3.17. The zero-order valence-electron chi connectivity index (χ0n) is 11.6. The minimum Gasteiger partial charge on any atom is -0.329 e. The standard InChI is InChI=1S/C14H20FN3O2/c1-10-4-2-6-12(8-16)17(10)9-11-5-3-7-13(14(11)15)18(19)20/h3,5,7,10,12H,2,4,6,8-9,16H2,1H3. The Morgan fingerprint density at radius 3 is 2.90 bits per heavy atom. The van der Waals surface area contributed by atoms with Crippen LogP contribution in [0.2, 0.25) is 0 Å². The first-order chi connectivity index (χ1) is 9.54. The fourth-order valence-corrected chi connectivity index (χ4v) is 2.90. The van der Waals surface area contributed by atoms with E-state index < -0.39 is 16.4 Å². The molecule has 2 unspecified atom stereocenters. The van der Waals surface area contributed by atoms with E-state index in [1.807, 2.05) is 0 Å². The van der Waals surface area contributed by atoms with Gasteiger partial charge in [0.15, 0.2) is 0 Å². The smallest absolute Gasteiger partial charge is 0.305 e. The molecule has 110 valence electrons. The zero-order chi connectivity index (χ0) is 14.7. The van der Waals surface area contributed by atoms with E-state index in [1.165, 1.54) is 12.1 Å². The van der Waals surface area contributed by atoms with Crippen LogP contribution in [0.4, 0.5) is 10.1 Å². The minimum atomic E-state index is -0.731. The summed E-state index contributed by atoms with van der Waals surface area (Å²) < 4.78 is 14.1. The van der Waals surface area contributed by atoms with Crippen molar-refractivity contribution in [2.24, 2.45) is 5.73 Å². The number of nitro benzene ring substituents is 1. The molecule has 0 amide bonds. The number of halogens is 1. The number of rotatable bonds is 4. The summed E-state index contributed by atoms with van der Waals surface area (Å²) in [6.45, 7) is 2.99. The molecule has 1 aliphatic heterocycles. The van der Waals surface area contributed by atoms with Crippen molar-refractivity contribution in [2.45, 2.75) is 44.8 Å². The highest BCUT2D eigenvalue weighted by molar-refractivity contribution is 5.36. The van der Waals surface area contributed by atoms with Crippen molar-refractivity contribution in [1.29, 1.82) is 0 Å². The van der Waals surface area contributed by atoms with E-state index in [-0.39, 0.29) is 6.04 Å². The average Bonchev–Trinajstić information content (AvgIpc) is 2.42. The number of hydrogen-bond acceptors (Lipinski definition) is 4. The average molecular weight is 281 g/mol. The molecule has 1 aliphatic rings. The third-order valence-electron chi connectivity index (χ3n) is 4.07. The Morgan fingerprint density at radius 2 is 2.25 bits per heavy atom. The van der Waals surface area contributed by atoms with E-state index in [1.54, 1.807) is 6.07 Å². The van der Waals surface area contributed by atoms with Crippen molar-refractivity contribution in [3.63, 3.8) is 0 Å². The summed E-state index contributed by atoms with van der Waals surface area (Å²) in [5, 5.41) is 10.8. The number of nitrogens with zero attached hydrogens (tertiary/aromatic N) is 2. The molecule has 1 aromatic rings. The first kappa shape index (κ1) is 14.9. The molecule has 0 spiro atoms. The molecule has 2 N–H and O–H groups in total. The van der Waals surface area contributed by atoms with Crippen molar-refractivity contribution in [1.82, 2.24) is 4.90 Å². The number of benzene rings is 1. The van der Waals surface area contributed by atoms with Gasteiger partial charge in [-0.25, -0.2) is 0 Å². The molecular formula is C14H20FN3O2. The maximum absolute atomic E-state index is 14.1. The van der Waals surface area contributed by atoms with Crippen LogP contribution in [0.3, 0.4) is 0 Å². The second-order valence-electron chi connectivity index (χ2n) is 5.35. The molecule has 0 aliphatic carbocycles. The van der Waals surface area contributed by atoms with Gasteiger partial charge in [0.05, 0.1) is 4.92 Å². The molecule has 1 fully saturated rings.